The molecule has 3 aromatic rings. The van der Waals surface area contributed by atoms with Crippen LogP contribution in [-0.4, -0.2) is 20.6 Å². The fourth-order valence-corrected chi connectivity index (χ4v) is 4.95. The van der Waals surface area contributed by atoms with Gasteiger partial charge < -0.3 is 14.4 Å². The zero-order valence-corrected chi connectivity index (χ0v) is 17.8. The van der Waals surface area contributed by atoms with Gasteiger partial charge in [-0.3, -0.25) is 9.59 Å². The normalized spacial score (nSPS) is 19.3. The minimum atomic E-state index is -1.54. The Bertz CT molecular complexity index is 1360. The molecule has 4 heterocycles. The van der Waals surface area contributed by atoms with Gasteiger partial charge in [-0.05, 0) is 30.0 Å². The molecule has 0 bridgehead atoms. The number of hydrogen-bond acceptors (Lipinski definition) is 5. The zero-order chi connectivity index (χ0) is 22.8. The summed E-state index contributed by atoms with van der Waals surface area (Å²) in [5.41, 5.74) is 1.21. The quantitative estimate of drug-likeness (QED) is 0.492. The number of cyclic esters (lactones) is 1. The summed E-state index contributed by atoms with van der Waals surface area (Å²) in [4.78, 5) is 30.0. The zero-order valence-electron chi connectivity index (χ0n) is 17.8. The maximum absolute atomic E-state index is 14.8. The first-order valence-electron chi connectivity index (χ1n) is 10.7. The lowest BCUT2D eigenvalue weighted by Crippen LogP contribution is -2.32. The predicted molar refractivity (Wildman–Crippen MR) is 113 cm³/mol. The highest BCUT2D eigenvalue weighted by Gasteiger charge is 2.39. The van der Waals surface area contributed by atoms with Gasteiger partial charge in [0.25, 0.3) is 5.56 Å². The number of esters is 1. The molecule has 5 rings (SSSR count). The molecule has 6 nitrogen and oxygen atoms in total. The fourth-order valence-electron chi connectivity index (χ4n) is 4.95. The van der Waals surface area contributed by atoms with E-state index in [1.165, 1.54) is 10.6 Å². The molecule has 0 spiro atoms. The van der Waals surface area contributed by atoms with Crippen LogP contribution in [0.1, 0.15) is 55.4 Å². The lowest BCUT2D eigenvalue weighted by Gasteiger charge is -2.26. The van der Waals surface area contributed by atoms with Crippen molar-refractivity contribution in [2.45, 2.75) is 58.3 Å². The van der Waals surface area contributed by atoms with E-state index in [1.807, 2.05) is 6.92 Å². The van der Waals surface area contributed by atoms with Crippen molar-refractivity contribution in [3.05, 3.63) is 62.4 Å². The van der Waals surface area contributed by atoms with Gasteiger partial charge in [-0.15, -0.1) is 0 Å². The second-order valence-electron chi connectivity index (χ2n) is 8.48. The average Bonchev–Trinajstić information content (AvgIpc) is 3.04. The maximum Gasteiger partial charge on any atom is 0.309 e. The van der Waals surface area contributed by atoms with Crippen LogP contribution in [0.3, 0.4) is 0 Å². The summed E-state index contributed by atoms with van der Waals surface area (Å²) in [7, 11) is 0. The second kappa shape index (κ2) is 7.20. The Hall–Kier alpha value is -3.13. The number of aryl methyl sites for hydroxylation is 1. The Kier molecular flexibility index (Phi) is 4.67. The van der Waals surface area contributed by atoms with Gasteiger partial charge in [0.1, 0.15) is 23.8 Å². The van der Waals surface area contributed by atoms with E-state index >= 15 is 0 Å². The van der Waals surface area contributed by atoms with Crippen LogP contribution in [0.25, 0.3) is 22.3 Å². The van der Waals surface area contributed by atoms with Gasteiger partial charge in [-0.25, -0.2) is 13.8 Å². The number of carbonyl (C=O) groups excluding carboxylic acids is 1. The molecular formula is C24H22F2N2O4. The largest absolute Gasteiger partial charge is 0.460 e. The molecule has 1 atom stereocenters. The van der Waals surface area contributed by atoms with E-state index in [-0.39, 0.29) is 48.0 Å². The van der Waals surface area contributed by atoms with E-state index in [0.717, 1.165) is 18.1 Å². The van der Waals surface area contributed by atoms with Crippen LogP contribution in [-0.2, 0) is 34.7 Å². The van der Waals surface area contributed by atoms with Crippen LogP contribution < -0.4 is 5.56 Å². The topological polar surface area (TPSA) is 81.4 Å². The molecule has 1 N–H and O–H groups in total. The molecule has 2 aliphatic heterocycles. The minimum Gasteiger partial charge on any atom is -0.460 e. The average molecular weight is 440 g/mol. The monoisotopic (exact) mass is 440 g/mol. The number of halogens is 2. The van der Waals surface area contributed by atoms with Crippen molar-refractivity contribution in [3.63, 3.8) is 0 Å². The highest BCUT2D eigenvalue weighted by atomic mass is 19.1. The van der Waals surface area contributed by atoms with Crippen molar-refractivity contribution in [1.82, 2.24) is 9.55 Å². The van der Waals surface area contributed by atoms with Gasteiger partial charge in [0.2, 0.25) is 0 Å². The molecule has 0 saturated heterocycles. The molecule has 0 aliphatic carbocycles. The third kappa shape index (κ3) is 2.89. The Morgan fingerprint density at radius 2 is 1.97 bits per heavy atom. The van der Waals surface area contributed by atoms with Crippen molar-refractivity contribution in [3.8, 4) is 11.4 Å². The first-order valence-corrected chi connectivity index (χ1v) is 10.7. The summed E-state index contributed by atoms with van der Waals surface area (Å²) >= 11 is 0. The summed E-state index contributed by atoms with van der Waals surface area (Å²) < 4.78 is 35.4. The number of nitrogens with zero attached hydrogens (tertiary/aromatic N) is 2. The summed E-state index contributed by atoms with van der Waals surface area (Å²) in [5.74, 6) is -1.97. The van der Waals surface area contributed by atoms with Gasteiger partial charge in [-0.1, -0.05) is 20.3 Å². The van der Waals surface area contributed by atoms with Crippen molar-refractivity contribution in [2.75, 3.05) is 0 Å². The molecule has 166 valence electrons. The molecule has 0 unspecified atom stereocenters. The number of fused-ring (bicyclic) bond motifs is 5. The molecular weight excluding hydrogens is 418 g/mol. The van der Waals surface area contributed by atoms with E-state index in [9.17, 15) is 23.5 Å². The van der Waals surface area contributed by atoms with Gasteiger partial charge in [0.15, 0.2) is 0 Å². The maximum atomic E-state index is 14.8. The van der Waals surface area contributed by atoms with E-state index in [0.29, 0.717) is 28.9 Å². The molecule has 2 aliphatic rings. The highest BCUT2D eigenvalue weighted by molar-refractivity contribution is 5.88. The Morgan fingerprint density at radius 1 is 1.19 bits per heavy atom. The summed E-state index contributed by atoms with van der Waals surface area (Å²) in [6.45, 7) is 3.66. The van der Waals surface area contributed by atoms with E-state index in [1.54, 1.807) is 13.0 Å². The van der Waals surface area contributed by atoms with E-state index in [2.05, 4.69) is 4.98 Å². The summed E-state index contributed by atoms with van der Waals surface area (Å²) in [6.07, 6.45) is 1.24. The molecule has 2 aromatic heterocycles. The molecule has 0 saturated carbocycles. The second-order valence-corrected chi connectivity index (χ2v) is 8.48. The van der Waals surface area contributed by atoms with Crippen molar-refractivity contribution >= 4 is 16.9 Å². The molecule has 8 heteroatoms. The smallest absolute Gasteiger partial charge is 0.309 e. The molecule has 0 radical (unpaired) electrons. The van der Waals surface area contributed by atoms with Crippen LogP contribution in [0.5, 0.6) is 0 Å². The number of hydrogen-bond donors (Lipinski definition) is 1. The SMILES string of the molecule is CCCc1c2c(nc3cc(F)cc(F)c13)-c1cc3c(c(=O)n1C2)COC(=O)C[C@]3(O)CC. The van der Waals surface area contributed by atoms with E-state index < -0.39 is 23.2 Å². The van der Waals surface area contributed by atoms with Crippen molar-refractivity contribution in [1.29, 1.82) is 0 Å². The Labute approximate surface area is 182 Å². The molecule has 32 heavy (non-hydrogen) atoms. The first kappa shape index (κ1) is 20.8. The van der Waals surface area contributed by atoms with Crippen LogP contribution in [0.2, 0.25) is 0 Å². The number of aromatic nitrogens is 2. The number of ether oxygens (including phenoxy) is 1. The van der Waals surface area contributed by atoms with E-state index in [4.69, 9.17) is 4.74 Å². The highest BCUT2D eigenvalue weighted by Crippen LogP contribution is 2.41. The van der Waals surface area contributed by atoms with Crippen molar-refractivity contribution < 1.29 is 23.4 Å². The van der Waals surface area contributed by atoms with Gasteiger partial charge >= 0.3 is 5.97 Å². The number of carbonyl (C=O) groups is 1. The lowest BCUT2D eigenvalue weighted by atomic mass is 9.85. The van der Waals surface area contributed by atoms with Crippen LogP contribution >= 0.6 is 0 Å². The molecule has 1 aromatic carbocycles. The van der Waals surface area contributed by atoms with Crippen LogP contribution in [0.15, 0.2) is 23.0 Å². The third-order valence-electron chi connectivity index (χ3n) is 6.58. The number of rotatable bonds is 3. The Balaban J connectivity index is 1.83. The predicted octanol–water partition coefficient (Wildman–Crippen LogP) is 3.70. The number of benzene rings is 1. The lowest BCUT2D eigenvalue weighted by molar-refractivity contribution is -0.149. The fraction of sp³-hybridized carbons (Fsp3) is 0.375. The summed E-state index contributed by atoms with van der Waals surface area (Å²) in [5, 5.41) is 11.5. The number of aliphatic hydroxyl groups is 1. The van der Waals surface area contributed by atoms with Crippen molar-refractivity contribution in [2.24, 2.45) is 0 Å². The summed E-state index contributed by atoms with van der Waals surface area (Å²) in [6, 6.07) is 3.72. The minimum absolute atomic E-state index is 0.185. The van der Waals surface area contributed by atoms with Gasteiger partial charge in [-0.2, -0.15) is 0 Å². The first-order chi connectivity index (χ1) is 15.3. The standard InChI is InChI=1S/C24H22F2N2O4/c1-3-5-13-14-10-28-19(22(14)27-18-7-12(25)6-17(26)21(13)18)8-16-15(23(28)30)11-32-20(29)9-24(16,31)4-2/h6-8,31H,3-5,9-11H2,1-2H3/t24-/m1/s1. The van der Waals surface area contributed by atoms with Crippen LogP contribution in [0.4, 0.5) is 8.78 Å². The van der Waals surface area contributed by atoms with Gasteiger partial charge in [0, 0.05) is 23.1 Å². The molecule has 0 fully saturated rings. The third-order valence-corrected chi connectivity index (χ3v) is 6.58. The van der Waals surface area contributed by atoms with Gasteiger partial charge in [0.05, 0.1) is 35.4 Å². The number of pyridine rings is 2. The van der Waals surface area contributed by atoms with Crippen LogP contribution in [0, 0.1) is 11.6 Å². The molecule has 0 amide bonds. The Morgan fingerprint density at radius 3 is 2.69 bits per heavy atom.